The van der Waals surface area contributed by atoms with Crippen molar-refractivity contribution in [1.29, 1.82) is 0 Å². The molecule has 0 bridgehead atoms. The average molecular weight is 416 g/mol. The summed E-state index contributed by atoms with van der Waals surface area (Å²) in [5.74, 6) is -2.39. The van der Waals surface area contributed by atoms with Gasteiger partial charge in [-0.15, -0.1) is 24.5 Å². The van der Waals surface area contributed by atoms with Crippen molar-refractivity contribution >= 4 is 34.8 Å². The second kappa shape index (κ2) is 9.22. The van der Waals surface area contributed by atoms with Crippen LogP contribution in [0.1, 0.15) is 16.6 Å². The van der Waals surface area contributed by atoms with Crippen molar-refractivity contribution < 1.29 is 37.0 Å². The normalized spacial score (nSPS) is 12.0. The van der Waals surface area contributed by atoms with Gasteiger partial charge in [-0.25, -0.2) is 0 Å². The minimum atomic E-state index is -4.81. The van der Waals surface area contributed by atoms with E-state index in [0.29, 0.717) is 4.88 Å². The second-order valence-electron chi connectivity index (χ2n) is 5.35. The molecule has 28 heavy (non-hydrogen) atoms. The summed E-state index contributed by atoms with van der Waals surface area (Å²) in [6.07, 6.45) is -6.00. The zero-order valence-corrected chi connectivity index (χ0v) is 15.2. The van der Waals surface area contributed by atoms with Crippen molar-refractivity contribution in [3.05, 3.63) is 46.7 Å². The predicted molar refractivity (Wildman–Crippen MR) is 94.0 cm³/mol. The first kappa shape index (κ1) is 21.2. The smallest absolute Gasteiger partial charge is 0.451 e. The van der Waals surface area contributed by atoms with Gasteiger partial charge in [0.15, 0.2) is 6.10 Å². The summed E-state index contributed by atoms with van der Waals surface area (Å²) >= 11 is 1.21. The Hall–Kier alpha value is -3.08. The number of rotatable bonds is 7. The molecule has 0 radical (unpaired) electrons. The van der Waals surface area contributed by atoms with Gasteiger partial charge >= 0.3 is 12.3 Å². The lowest BCUT2D eigenvalue weighted by Gasteiger charge is -2.14. The number of esters is 1. The number of amides is 2. The third-order valence-corrected chi connectivity index (χ3v) is 4.04. The average Bonchev–Trinajstić information content (AvgIpc) is 3.14. The molecular formula is C17H15F3N2O5S. The van der Waals surface area contributed by atoms with E-state index in [2.05, 4.69) is 15.4 Å². The third-order valence-electron chi connectivity index (χ3n) is 3.17. The highest BCUT2D eigenvalue weighted by molar-refractivity contribution is 7.12. The fourth-order valence-electron chi connectivity index (χ4n) is 1.92. The van der Waals surface area contributed by atoms with E-state index in [-0.39, 0.29) is 5.69 Å². The van der Waals surface area contributed by atoms with Gasteiger partial charge in [-0.05, 0) is 42.6 Å². The van der Waals surface area contributed by atoms with Crippen LogP contribution < -0.4 is 15.4 Å². The summed E-state index contributed by atoms with van der Waals surface area (Å²) in [5.41, 5.74) is 0.188. The number of nitrogens with one attached hydrogen (secondary N) is 2. The quantitative estimate of drug-likeness (QED) is 0.677. The summed E-state index contributed by atoms with van der Waals surface area (Å²) in [7, 11) is 0. The first-order valence-electron chi connectivity index (χ1n) is 7.82. The van der Waals surface area contributed by atoms with Crippen LogP contribution in [0.3, 0.4) is 0 Å². The number of hydrogen-bond donors (Lipinski definition) is 2. The Labute approximate surface area is 161 Å². The van der Waals surface area contributed by atoms with Crippen molar-refractivity contribution in [2.75, 3.05) is 11.9 Å². The van der Waals surface area contributed by atoms with Crippen molar-refractivity contribution in [3.8, 4) is 5.75 Å². The largest absolute Gasteiger partial charge is 0.573 e. The van der Waals surface area contributed by atoms with E-state index >= 15 is 0 Å². The molecule has 2 N–H and O–H groups in total. The monoisotopic (exact) mass is 416 g/mol. The first-order valence-corrected chi connectivity index (χ1v) is 8.70. The van der Waals surface area contributed by atoms with Crippen molar-refractivity contribution in [2.45, 2.75) is 19.4 Å². The standard InChI is InChI=1S/C17H15F3N2O5S/c1-10(26-14(23)9-21-16(25)13-3-2-8-28-13)15(24)22-11-4-6-12(7-5-11)27-17(18,19)20/h2-8,10H,9H2,1H3,(H,21,25)(H,22,24). The molecule has 2 amide bonds. The van der Waals surface area contributed by atoms with Crippen molar-refractivity contribution in [3.63, 3.8) is 0 Å². The number of alkyl halides is 3. The number of thiophene rings is 1. The topological polar surface area (TPSA) is 93.7 Å². The fraction of sp³-hybridized carbons (Fsp3) is 0.235. The second-order valence-corrected chi connectivity index (χ2v) is 6.30. The number of ether oxygens (including phenoxy) is 2. The Morgan fingerprint density at radius 3 is 2.39 bits per heavy atom. The van der Waals surface area contributed by atoms with Gasteiger partial charge in [0.1, 0.15) is 12.3 Å². The van der Waals surface area contributed by atoms with Crippen LogP contribution in [0.25, 0.3) is 0 Å². The zero-order chi connectivity index (χ0) is 20.7. The van der Waals surface area contributed by atoms with Gasteiger partial charge < -0.3 is 20.1 Å². The molecule has 0 spiro atoms. The number of benzene rings is 1. The lowest BCUT2D eigenvalue weighted by Crippen LogP contribution is -2.35. The van der Waals surface area contributed by atoms with Gasteiger partial charge in [-0.3, -0.25) is 14.4 Å². The van der Waals surface area contributed by atoms with Crippen LogP contribution in [0, 0.1) is 0 Å². The lowest BCUT2D eigenvalue weighted by atomic mass is 10.3. The maximum atomic E-state index is 12.1. The zero-order valence-electron chi connectivity index (χ0n) is 14.4. The Balaban J connectivity index is 1.78. The van der Waals surface area contributed by atoms with E-state index in [1.807, 2.05) is 0 Å². The van der Waals surface area contributed by atoms with Gasteiger partial charge in [0.2, 0.25) is 0 Å². The summed E-state index contributed by atoms with van der Waals surface area (Å²) in [4.78, 5) is 35.9. The number of hydrogen-bond acceptors (Lipinski definition) is 6. The van der Waals surface area contributed by atoms with E-state index in [1.165, 1.54) is 30.4 Å². The first-order chi connectivity index (χ1) is 13.1. The molecule has 0 aliphatic heterocycles. The Morgan fingerprint density at radius 2 is 1.82 bits per heavy atom. The molecular weight excluding hydrogens is 401 g/mol. The molecule has 2 aromatic rings. The van der Waals surface area contributed by atoms with Gasteiger partial charge in [0.05, 0.1) is 4.88 Å². The number of carbonyl (C=O) groups excluding carboxylic acids is 3. The molecule has 1 heterocycles. The minimum Gasteiger partial charge on any atom is -0.451 e. The highest BCUT2D eigenvalue weighted by Crippen LogP contribution is 2.24. The summed E-state index contributed by atoms with van der Waals surface area (Å²) in [5, 5.41) is 6.46. The van der Waals surface area contributed by atoms with E-state index in [4.69, 9.17) is 4.74 Å². The molecule has 0 aliphatic carbocycles. The molecule has 1 aromatic heterocycles. The van der Waals surface area contributed by atoms with E-state index in [1.54, 1.807) is 17.5 Å². The van der Waals surface area contributed by atoms with E-state index in [9.17, 15) is 27.6 Å². The van der Waals surface area contributed by atoms with Gasteiger partial charge in [0.25, 0.3) is 11.8 Å². The maximum absolute atomic E-state index is 12.1. The highest BCUT2D eigenvalue weighted by atomic mass is 32.1. The maximum Gasteiger partial charge on any atom is 0.573 e. The number of halogens is 3. The third kappa shape index (κ3) is 6.91. The Morgan fingerprint density at radius 1 is 1.14 bits per heavy atom. The van der Waals surface area contributed by atoms with Crippen LogP contribution in [0.4, 0.5) is 18.9 Å². The summed E-state index contributed by atoms with van der Waals surface area (Å²) in [6.45, 7) is 0.896. The molecule has 0 aliphatic rings. The molecule has 11 heteroatoms. The van der Waals surface area contributed by atoms with Crippen LogP contribution >= 0.6 is 11.3 Å². The molecule has 7 nitrogen and oxygen atoms in total. The van der Waals surface area contributed by atoms with Crippen LogP contribution in [-0.4, -0.2) is 36.8 Å². The number of anilines is 1. The molecule has 0 saturated carbocycles. The van der Waals surface area contributed by atoms with E-state index < -0.39 is 42.5 Å². The van der Waals surface area contributed by atoms with Crippen molar-refractivity contribution in [1.82, 2.24) is 5.32 Å². The molecule has 0 saturated heterocycles. The molecule has 1 atom stereocenters. The van der Waals surface area contributed by atoms with Crippen molar-refractivity contribution in [2.24, 2.45) is 0 Å². The molecule has 2 rings (SSSR count). The Kier molecular flexibility index (Phi) is 6.99. The van der Waals surface area contributed by atoms with Gasteiger partial charge in [-0.2, -0.15) is 0 Å². The highest BCUT2D eigenvalue weighted by Gasteiger charge is 2.31. The van der Waals surface area contributed by atoms with Crippen LogP contribution in [-0.2, 0) is 14.3 Å². The molecule has 1 unspecified atom stereocenters. The van der Waals surface area contributed by atoms with Gasteiger partial charge in [-0.1, -0.05) is 6.07 Å². The summed E-state index contributed by atoms with van der Waals surface area (Å²) in [6, 6.07) is 7.74. The van der Waals surface area contributed by atoms with Crippen LogP contribution in [0.5, 0.6) is 5.75 Å². The minimum absolute atomic E-state index is 0.188. The molecule has 1 aromatic carbocycles. The molecule has 0 fully saturated rings. The van der Waals surface area contributed by atoms with Gasteiger partial charge in [0, 0.05) is 5.69 Å². The predicted octanol–water partition coefficient (Wildman–Crippen LogP) is 2.95. The van der Waals surface area contributed by atoms with E-state index in [0.717, 1.165) is 12.1 Å². The summed E-state index contributed by atoms with van der Waals surface area (Å²) < 4.78 is 44.9. The SMILES string of the molecule is CC(OC(=O)CNC(=O)c1cccs1)C(=O)Nc1ccc(OC(F)(F)F)cc1. The van der Waals surface area contributed by atoms with Crippen LogP contribution in [0.2, 0.25) is 0 Å². The fourth-order valence-corrected chi connectivity index (χ4v) is 2.56. The Bertz CT molecular complexity index is 822. The lowest BCUT2D eigenvalue weighted by molar-refractivity contribution is -0.274. The molecule has 150 valence electrons. The van der Waals surface area contributed by atoms with Crippen LogP contribution in [0.15, 0.2) is 41.8 Å². The number of carbonyl (C=O) groups is 3.